The minimum absolute atomic E-state index is 0.311. The van der Waals surface area contributed by atoms with Crippen molar-refractivity contribution in [1.82, 2.24) is 9.97 Å². The van der Waals surface area contributed by atoms with Crippen molar-refractivity contribution in [3.8, 4) is 0 Å². The lowest BCUT2D eigenvalue weighted by Gasteiger charge is -2.08. The fraction of sp³-hybridized carbons (Fsp3) is 0.333. The topological polar surface area (TPSA) is 49.0 Å². The summed E-state index contributed by atoms with van der Waals surface area (Å²) >= 11 is 0. The second kappa shape index (κ2) is 2.69. The van der Waals surface area contributed by atoms with Gasteiger partial charge in [0.1, 0.15) is 5.82 Å². The van der Waals surface area contributed by atoms with Crippen molar-refractivity contribution in [1.29, 1.82) is 0 Å². The van der Waals surface area contributed by atoms with Crippen molar-refractivity contribution in [2.45, 2.75) is 0 Å². The fourth-order valence-electron chi connectivity index (χ4n) is 0.645. The molecule has 0 aliphatic heterocycles. The van der Waals surface area contributed by atoms with Crippen LogP contribution in [0.5, 0.6) is 0 Å². The molecule has 0 atom stereocenters. The van der Waals surface area contributed by atoms with E-state index in [-0.39, 0.29) is 0 Å². The highest BCUT2D eigenvalue weighted by Gasteiger charge is 2.00. The maximum Gasteiger partial charge on any atom is 0.349 e. The summed E-state index contributed by atoms with van der Waals surface area (Å²) < 4.78 is 12.5. The van der Waals surface area contributed by atoms with Crippen molar-refractivity contribution in [2.24, 2.45) is 0 Å². The summed E-state index contributed by atoms with van der Waals surface area (Å²) in [7, 11) is 3.36. The predicted octanol–water partition coefficient (Wildman–Crippen LogP) is -0.0250. The number of aromatic nitrogens is 2. The molecule has 0 amide bonds. The number of nitrogens with one attached hydrogen (secondary N) is 1. The van der Waals surface area contributed by atoms with Crippen molar-refractivity contribution in [3.63, 3.8) is 0 Å². The summed E-state index contributed by atoms with van der Waals surface area (Å²) in [5, 5.41) is 0. The second-order valence-corrected chi connectivity index (χ2v) is 2.29. The van der Waals surface area contributed by atoms with Crippen LogP contribution in [0.25, 0.3) is 0 Å². The predicted molar refractivity (Wildman–Crippen MR) is 39.1 cm³/mol. The number of nitrogens with zero attached hydrogens (tertiary/aromatic N) is 2. The number of halogens is 1. The van der Waals surface area contributed by atoms with E-state index in [1.807, 2.05) is 4.98 Å². The SMILES string of the molecule is CN(C)c1cc(F)[nH]c(=O)n1. The van der Waals surface area contributed by atoms with Crippen LogP contribution in [-0.2, 0) is 0 Å². The van der Waals surface area contributed by atoms with Gasteiger partial charge in [-0.05, 0) is 0 Å². The Balaban J connectivity index is 3.19. The molecule has 0 saturated carbocycles. The van der Waals surface area contributed by atoms with Gasteiger partial charge in [-0.2, -0.15) is 9.37 Å². The van der Waals surface area contributed by atoms with Crippen LogP contribution in [0.15, 0.2) is 10.9 Å². The maximum atomic E-state index is 12.5. The van der Waals surface area contributed by atoms with Gasteiger partial charge in [0.25, 0.3) is 0 Å². The van der Waals surface area contributed by atoms with E-state index in [0.29, 0.717) is 5.82 Å². The van der Waals surface area contributed by atoms with E-state index >= 15 is 0 Å². The molecule has 0 fully saturated rings. The minimum Gasteiger partial charge on any atom is -0.362 e. The standard InChI is InChI=1S/C6H8FN3O/c1-10(2)5-3-4(7)8-6(11)9-5/h3H,1-2H3,(H,8,9,11). The third-order valence-electron chi connectivity index (χ3n) is 1.16. The lowest BCUT2D eigenvalue weighted by molar-refractivity contribution is 0.573. The van der Waals surface area contributed by atoms with Crippen LogP contribution in [-0.4, -0.2) is 24.1 Å². The summed E-state index contributed by atoms with van der Waals surface area (Å²) in [5.41, 5.74) is -0.673. The molecule has 1 rings (SSSR count). The van der Waals surface area contributed by atoms with Crippen molar-refractivity contribution >= 4 is 5.82 Å². The Hall–Kier alpha value is -1.39. The van der Waals surface area contributed by atoms with Crippen molar-refractivity contribution < 1.29 is 4.39 Å². The third kappa shape index (κ3) is 1.76. The smallest absolute Gasteiger partial charge is 0.349 e. The molecule has 0 radical (unpaired) electrons. The monoisotopic (exact) mass is 157 g/mol. The van der Waals surface area contributed by atoms with E-state index in [9.17, 15) is 9.18 Å². The molecule has 60 valence electrons. The molecule has 5 heteroatoms. The zero-order valence-electron chi connectivity index (χ0n) is 6.26. The zero-order chi connectivity index (χ0) is 8.43. The molecule has 0 aliphatic rings. The van der Waals surface area contributed by atoms with Crippen LogP contribution in [0.2, 0.25) is 0 Å². The third-order valence-corrected chi connectivity index (χ3v) is 1.16. The van der Waals surface area contributed by atoms with Gasteiger partial charge in [0, 0.05) is 20.2 Å². The summed E-state index contributed by atoms with van der Waals surface area (Å²) in [6, 6.07) is 1.15. The fourth-order valence-corrected chi connectivity index (χ4v) is 0.645. The lowest BCUT2D eigenvalue weighted by Crippen LogP contribution is -2.19. The molecule has 1 aromatic rings. The Morgan fingerprint density at radius 2 is 2.27 bits per heavy atom. The highest BCUT2D eigenvalue weighted by Crippen LogP contribution is 2.02. The van der Waals surface area contributed by atoms with Gasteiger partial charge in [-0.3, -0.25) is 4.98 Å². The Morgan fingerprint density at radius 3 is 2.73 bits per heavy atom. The molecule has 1 heterocycles. The molecule has 1 aromatic heterocycles. The van der Waals surface area contributed by atoms with E-state index in [0.717, 1.165) is 6.07 Å². The molecule has 0 unspecified atom stereocenters. The highest BCUT2D eigenvalue weighted by molar-refractivity contribution is 5.33. The summed E-state index contributed by atoms with van der Waals surface area (Å²) in [4.78, 5) is 17.5. The van der Waals surface area contributed by atoms with Crippen LogP contribution < -0.4 is 10.6 Å². The van der Waals surface area contributed by atoms with E-state index < -0.39 is 11.6 Å². The first-order chi connectivity index (χ1) is 5.09. The van der Waals surface area contributed by atoms with E-state index in [1.54, 1.807) is 19.0 Å². The molecular formula is C6H8FN3O. The van der Waals surface area contributed by atoms with Gasteiger partial charge in [0.2, 0.25) is 0 Å². The molecule has 0 aliphatic carbocycles. The van der Waals surface area contributed by atoms with Crippen molar-refractivity contribution in [2.75, 3.05) is 19.0 Å². The summed E-state index contributed by atoms with van der Waals surface area (Å²) in [6.07, 6.45) is 0. The largest absolute Gasteiger partial charge is 0.362 e. The molecule has 0 bridgehead atoms. The minimum atomic E-state index is -0.673. The van der Waals surface area contributed by atoms with Crippen LogP contribution in [0.3, 0.4) is 0 Å². The molecule has 4 nitrogen and oxygen atoms in total. The van der Waals surface area contributed by atoms with Gasteiger partial charge in [-0.25, -0.2) is 4.79 Å². The van der Waals surface area contributed by atoms with Gasteiger partial charge in [-0.15, -0.1) is 0 Å². The summed E-state index contributed by atoms with van der Waals surface area (Å²) in [6.45, 7) is 0. The number of H-pyrrole nitrogens is 1. The Kier molecular flexibility index (Phi) is 1.89. The highest BCUT2D eigenvalue weighted by atomic mass is 19.1. The van der Waals surface area contributed by atoms with Crippen LogP contribution >= 0.6 is 0 Å². The van der Waals surface area contributed by atoms with Gasteiger partial charge >= 0.3 is 5.69 Å². The van der Waals surface area contributed by atoms with E-state index in [2.05, 4.69) is 4.98 Å². The average Bonchev–Trinajstić information content (AvgIpc) is 1.85. The molecule has 0 aromatic carbocycles. The first-order valence-electron chi connectivity index (χ1n) is 3.04. The molecule has 11 heavy (non-hydrogen) atoms. The zero-order valence-corrected chi connectivity index (χ0v) is 6.26. The lowest BCUT2D eigenvalue weighted by atomic mass is 10.5. The molecular weight excluding hydrogens is 149 g/mol. The molecule has 0 spiro atoms. The Morgan fingerprint density at radius 1 is 1.64 bits per heavy atom. The number of hydrogen-bond acceptors (Lipinski definition) is 3. The van der Waals surface area contributed by atoms with E-state index in [1.165, 1.54) is 0 Å². The van der Waals surface area contributed by atoms with Gasteiger partial charge in [-0.1, -0.05) is 0 Å². The van der Waals surface area contributed by atoms with Crippen LogP contribution in [0.1, 0.15) is 0 Å². The first kappa shape index (κ1) is 7.71. The second-order valence-electron chi connectivity index (χ2n) is 2.29. The van der Waals surface area contributed by atoms with E-state index in [4.69, 9.17) is 0 Å². The summed E-state index contributed by atoms with van der Waals surface area (Å²) in [5.74, 6) is -0.361. The van der Waals surface area contributed by atoms with Crippen molar-refractivity contribution in [3.05, 3.63) is 22.5 Å². The van der Waals surface area contributed by atoms with Gasteiger partial charge < -0.3 is 4.90 Å². The van der Waals surface area contributed by atoms with Crippen LogP contribution in [0, 0.1) is 5.95 Å². The van der Waals surface area contributed by atoms with Gasteiger partial charge in [0.05, 0.1) is 0 Å². The first-order valence-corrected chi connectivity index (χ1v) is 3.04. The maximum absolute atomic E-state index is 12.5. The quantitative estimate of drug-likeness (QED) is 0.582. The molecule has 1 N–H and O–H groups in total. The Bertz CT molecular complexity index is 307. The number of aromatic amines is 1. The number of anilines is 1. The number of rotatable bonds is 1. The normalized spacial score (nSPS) is 9.73. The molecule has 0 saturated heterocycles. The average molecular weight is 157 g/mol. The number of hydrogen-bond donors (Lipinski definition) is 1. The van der Waals surface area contributed by atoms with Crippen LogP contribution in [0.4, 0.5) is 10.2 Å². The van der Waals surface area contributed by atoms with Gasteiger partial charge in [0.15, 0.2) is 5.95 Å². The Labute approximate surface area is 62.7 Å².